The molecule has 1 aromatic heterocycles. The average Bonchev–Trinajstić information content (AvgIpc) is 2.83. The molecule has 1 aliphatic carbocycles. The monoisotopic (exact) mass is 203 g/mol. The third kappa shape index (κ3) is 1.45. The number of hydrogen-bond acceptors (Lipinski definition) is 3. The molecule has 0 saturated heterocycles. The fraction of sp³-hybridized carbons (Fsp3) is 0.571. The summed E-state index contributed by atoms with van der Waals surface area (Å²) in [6.45, 7) is -2.81. The maximum atomic E-state index is 12.4. The first-order chi connectivity index (χ1) is 6.59. The Morgan fingerprint density at radius 1 is 1.64 bits per heavy atom. The molecule has 0 spiro atoms. The van der Waals surface area contributed by atoms with Crippen LogP contribution in [0, 0.1) is 10.1 Å². The zero-order valence-electron chi connectivity index (χ0n) is 7.06. The van der Waals surface area contributed by atoms with E-state index in [1.165, 1.54) is 0 Å². The molecule has 1 heterocycles. The number of aromatic nitrogens is 2. The molecule has 0 N–H and O–H groups in total. The van der Waals surface area contributed by atoms with Gasteiger partial charge in [-0.25, -0.2) is 0 Å². The van der Waals surface area contributed by atoms with E-state index in [2.05, 4.69) is 5.10 Å². The number of alkyl halides is 2. The van der Waals surface area contributed by atoms with Crippen molar-refractivity contribution in [3.05, 3.63) is 21.9 Å². The van der Waals surface area contributed by atoms with Gasteiger partial charge in [0.1, 0.15) is 0 Å². The van der Waals surface area contributed by atoms with Crippen molar-refractivity contribution in [2.75, 3.05) is 0 Å². The third-order valence-corrected chi connectivity index (χ3v) is 2.12. The first-order valence-electron chi connectivity index (χ1n) is 4.11. The first kappa shape index (κ1) is 9.04. The van der Waals surface area contributed by atoms with Gasteiger partial charge in [0.25, 0.3) is 0 Å². The summed E-state index contributed by atoms with van der Waals surface area (Å²) in [6, 6.07) is 1.13. The van der Waals surface area contributed by atoms with Crippen molar-refractivity contribution in [1.29, 1.82) is 0 Å². The summed E-state index contributed by atoms with van der Waals surface area (Å²) in [5.41, 5.74) is 0.270. The molecule has 5 nitrogen and oxygen atoms in total. The molecule has 1 aromatic rings. The van der Waals surface area contributed by atoms with E-state index in [4.69, 9.17) is 0 Å². The van der Waals surface area contributed by atoms with E-state index in [9.17, 15) is 18.9 Å². The molecular weight excluding hydrogens is 196 g/mol. The van der Waals surface area contributed by atoms with Gasteiger partial charge in [0.15, 0.2) is 0 Å². The van der Waals surface area contributed by atoms with Crippen LogP contribution in [0.15, 0.2) is 6.07 Å². The van der Waals surface area contributed by atoms with Crippen LogP contribution >= 0.6 is 0 Å². The average molecular weight is 203 g/mol. The quantitative estimate of drug-likeness (QED) is 0.558. The van der Waals surface area contributed by atoms with Gasteiger partial charge in [-0.1, -0.05) is 0 Å². The Balaban J connectivity index is 2.40. The Bertz CT molecular complexity index is 354. The molecule has 2 rings (SSSR count). The van der Waals surface area contributed by atoms with Gasteiger partial charge in [0.2, 0.25) is 0 Å². The topological polar surface area (TPSA) is 61.0 Å². The minimum atomic E-state index is -2.81. The smallest absolute Gasteiger partial charge is 0.358 e. The van der Waals surface area contributed by atoms with Gasteiger partial charge in [0.05, 0.1) is 16.9 Å². The van der Waals surface area contributed by atoms with Crippen molar-refractivity contribution in [2.24, 2.45) is 0 Å². The molecule has 76 valence electrons. The summed E-state index contributed by atoms with van der Waals surface area (Å²) >= 11 is 0. The number of rotatable bonds is 3. The number of halogens is 2. The summed E-state index contributed by atoms with van der Waals surface area (Å²) in [4.78, 5) is 9.56. The van der Waals surface area contributed by atoms with E-state index in [0.29, 0.717) is 4.68 Å². The third-order valence-electron chi connectivity index (χ3n) is 2.12. The first-order valence-corrected chi connectivity index (χ1v) is 4.11. The lowest BCUT2D eigenvalue weighted by Crippen LogP contribution is -2.04. The van der Waals surface area contributed by atoms with Gasteiger partial charge in [-0.05, 0) is 17.8 Å². The van der Waals surface area contributed by atoms with E-state index in [0.717, 1.165) is 18.9 Å². The second-order valence-electron chi connectivity index (χ2n) is 3.18. The van der Waals surface area contributed by atoms with Gasteiger partial charge in [-0.3, -0.25) is 0 Å². The minimum absolute atomic E-state index is 0.0187. The highest BCUT2D eigenvalue weighted by Gasteiger charge is 2.34. The van der Waals surface area contributed by atoms with E-state index < -0.39 is 17.3 Å². The molecule has 0 aromatic carbocycles. The van der Waals surface area contributed by atoms with Crippen LogP contribution in [0.5, 0.6) is 0 Å². The van der Waals surface area contributed by atoms with Crippen LogP contribution in [-0.2, 0) is 0 Å². The Labute approximate surface area is 77.5 Å². The van der Waals surface area contributed by atoms with Crippen LogP contribution in [0.4, 0.5) is 14.6 Å². The molecule has 0 unspecified atom stereocenters. The molecule has 1 aliphatic rings. The Hall–Kier alpha value is -1.53. The normalized spacial score (nSPS) is 16.2. The molecular formula is C7H7F2N3O2. The number of hydrogen-bond donors (Lipinski definition) is 0. The predicted octanol–water partition coefficient (Wildman–Crippen LogP) is 2.06. The highest BCUT2D eigenvalue weighted by atomic mass is 19.3. The molecule has 14 heavy (non-hydrogen) atoms. The molecule has 0 amide bonds. The molecule has 0 radical (unpaired) electrons. The summed E-state index contributed by atoms with van der Waals surface area (Å²) in [6.07, 6.45) is 1.60. The van der Waals surface area contributed by atoms with Gasteiger partial charge < -0.3 is 10.1 Å². The summed E-state index contributed by atoms with van der Waals surface area (Å²) < 4.78 is 25.2. The lowest BCUT2D eigenvalue weighted by molar-refractivity contribution is -0.390. The Morgan fingerprint density at radius 2 is 2.29 bits per heavy atom. The maximum Gasteiger partial charge on any atom is 0.390 e. The summed E-state index contributed by atoms with van der Waals surface area (Å²) in [7, 11) is 0. The summed E-state index contributed by atoms with van der Waals surface area (Å²) in [5, 5.41) is 13.6. The van der Waals surface area contributed by atoms with E-state index in [1.807, 2.05) is 0 Å². The standard InChI is InChI=1S/C7H7F2N3O2/c8-7(9)11-5(4-1-2-4)3-6(10-11)12(13)14/h3-4,7H,1-2H2. The molecule has 7 heteroatoms. The largest absolute Gasteiger partial charge is 0.390 e. The lowest BCUT2D eigenvalue weighted by Gasteiger charge is -1.97. The Morgan fingerprint density at radius 3 is 2.71 bits per heavy atom. The lowest BCUT2D eigenvalue weighted by atomic mass is 10.3. The predicted molar refractivity (Wildman–Crippen MR) is 42.1 cm³/mol. The van der Waals surface area contributed by atoms with Crippen molar-refractivity contribution in [3.8, 4) is 0 Å². The molecule has 1 fully saturated rings. The zero-order chi connectivity index (χ0) is 10.3. The van der Waals surface area contributed by atoms with Crippen molar-refractivity contribution in [3.63, 3.8) is 0 Å². The summed E-state index contributed by atoms with van der Waals surface area (Å²) in [5.74, 6) is -0.489. The van der Waals surface area contributed by atoms with Crippen molar-refractivity contribution < 1.29 is 13.7 Å². The van der Waals surface area contributed by atoms with Crippen LogP contribution in [-0.4, -0.2) is 14.7 Å². The SMILES string of the molecule is O=[N+]([O-])c1cc(C2CC2)n(C(F)F)n1. The zero-order valence-corrected chi connectivity index (χ0v) is 7.06. The van der Waals surface area contributed by atoms with E-state index >= 15 is 0 Å². The van der Waals surface area contributed by atoms with E-state index in [1.54, 1.807) is 0 Å². The Kier molecular flexibility index (Phi) is 1.94. The second kappa shape index (κ2) is 3.00. The van der Waals surface area contributed by atoms with Crippen molar-refractivity contribution in [2.45, 2.75) is 25.3 Å². The molecule has 0 atom stereocenters. The molecule has 1 saturated carbocycles. The fourth-order valence-electron chi connectivity index (χ4n) is 1.32. The number of nitro groups is 1. The fourth-order valence-corrected chi connectivity index (χ4v) is 1.32. The molecule has 0 aliphatic heterocycles. The van der Waals surface area contributed by atoms with Crippen molar-refractivity contribution in [1.82, 2.24) is 9.78 Å². The van der Waals surface area contributed by atoms with Crippen molar-refractivity contribution >= 4 is 5.82 Å². The highest BCUT2D eigenvalue weighted by Crippen LogP contribution is 2.42. The number of nitrogens with zero attached hydrogens (tertiary/aromatic N) is 3. The van der Waals surface area contributed by atoms with Gasteiger partial charge in [-0.2, -0.15) is 8.78 Å². The van der Waals surface area contributed by atoms with Crippen LogP contribution in [0.25, 0.3) is 0 Å². The van der Waals surface area contributed by atoms with Crippen LogP contribution in [0.3, 0.4) is 0 Å². The maximum absolute atomic E-state index is 12.4. The van der Waals surface area contributed by atoms with Crippen LogP contribution < -0.4 is 0 Å². The van der Waals surface area contributed by atoms with Crippen LogP contribution in [0.2, 0.25) is 0 Å². The van der Waals surface area contributed by atoms with Crippen LogP contribution in [0.1, 0.15) is 31.0 Å². The molecule has 0 bridgehead atoms. The van der Waals surface area contributed by atoms with Gasteiger partial charge in [-0.15, -0.1) is 4.68 Å². The van der Waals surface area contributed by atoms with Gasteiger partial charge in [0, 0.05) is 5.92 Å². The minimum Gasteiger partial charge on any atom is -0.358 e. The van der Waals surface area contributed by atoms with E-state index in [-0.39, 0.29) is 11.6 Å². The second-order valence-corrected chi connectivity index (χ2v) is 3.18. The van der Waals surface area contributed by atoms with Gasteiger partial charge >= 0.3 is 12.4 Å². The highest BCUT2D eigenvalue weighted by molar-refractivity contribution is 5.27.